The van der Waals surface area contributed by atoms with Gasteiger partial charge in [0.05, 0.1) is 23.7 Å². The molecule has 110 valence electrons. The van der Waals surface area contributed by atoms with E-state index in [1.54, 1.807) is 7.11 Å². The fraction of sp³-hybridized carbons (Fsp3) is 0.615. The molecule has 1 aromatic heterocycles. The van der Waals surface area contributed by atoms with Crippen molar-refractivity contribution in [3.05, 3.63) is 27.4 Å². The molecule has 6 nitrogen and oxygen atoms in total. The Kier molecular flexibility index (Phi) is 4.77. The van der Waals surface area contributed by atoms with E-state index in [0.29, 0.717) is 24.9 Å². The van der Waals surface area contributed by atoms with Crippen molar-refractivity contribution in [2.45, 2.75) is 25.8 Å². The number of methoxy groups -OCH3 is 1. The van der Waals surface area contributed by atoms with E-state index in [0.717, 1.165) is 0 Å². The number of nitrogens with zero attached hydrogens (tertiary/aromatic N) is 3. The quantitative estimate of drug-likeness (QED) is 0.440. The van der Waals surface area contributed by atoms with Gasteiger partial charge in [-0.05, 0) is 25.7 Å². The van der Waals surface area contributed by atoms with Gasteiger partial charge in [-0.2, -0.15) is 0 Å². The molecule has 1 unspecified atom stereocenters. The fourth-order valence-electron chi connectivity index (χ4n) is 2.27. The minimum atomic E-state index is -0.451. The molecule has 1 heterocycles. The highest BCUT2D eigenvalue weighted by atomic mass is 35.5. The lowest BCUT2D eigenvalue weighted by Gasteiger charge is -2.30. The average molecular weight is 300 g/mol. The summed E-state index contributed by atoms with van der Waals surface area (Å²) in [5.74, 6) is 1.16. The molecule has 1 saturated carbocycles. The van der Waals surface area contributed by atoms with Gasteiger partial charge >= 0.3 is 0 Å². The summed E-state index contributed by atoms with van der Waals surface area (Å²) >= 11 is 5.90. The van der Waals surface area contributed by atoms with Crippen LogP contribution >= 0.6 is 11.6 Å². The summed E-state index contributed by atoms with van der Waals surface area (Å²) < 4.78 is 5.12. The maximum atomic E-state index is 10.9. The van der Waals surface area contributed by atoms with Crippen molar-refractivity contribution in [3.8, 4) is 0 Å². The molecule has 1 atom stereocenters. The van der Waals surface area contributed by atoms with Gasteiger partial charge in [0, 0.05) is 19.7 Å². The third kappa shape index (κ3) is 3.58. The van der Waals surface area contributed by atoms with Crippen LogP contribution in [0, 0.1) is 16.0 Å². The van der Waals surface area contributed by atoms with Crippen molar-refractivity contribution in [2.75, 3.05) is 25.2 Å². The van der Waals surface area contributed by atoms with E-state index in [1.165, 1.54) is 25.0 Å². The Labute approximate surface area is 122 Å². The van der Waals surface area contributed by atoms with Crippen LogP contribution in [0.5, 0.6) is 0 Å². The summed E-state index contributed by atoms with van der Waals surface area (Å²) in [7, 11) is 1.63. The molecule has 20 heavy (non-hydrogen) atoms. The second-order valence-electron chi connectivity index (χ2n) is 5.03. The van der Waals surface area contributed by atoms with Crippen LogP contribution in [0.15, 0.2) is 12.1 Å². The van der Waals surface area contributed by atoms with Crippen molar-refractivity contribution in [3.63, 3.8) is 0 Å². The van der Waals surface area contributed by atoms with E-state index in [4.69, 9.17) is 16.3 Å². The van der Waals surface area contributed by atoms with Gasteiger partial charge in [-0.15, -0.1) is 0 Å². The highest BCUT2D eigenvalue weighted by Gasteiger charge is 2.33. The average Bonchev–Trinajstić information content (AvgIpc) is 3.22. The molecule has 0 aromatic carbocycles. The molecule has 0 amide bonds. The molecule has 1 fully saturated rings. The molecule has 0 N–H and O–H groups in total. The van der Waals surface area contributed by atoms with Crippen LogP contribution in [0.1, 0.15) is 19.8 Å². The number of rotatable bonds is 7. The number of ether oxygens (including phenoxy) is 1. The SMILES string of the molecule is COCCN(c1cc([N+](=O)[O-])cc(Cl)n1)C(C)C1CC1. The Morgan fingerprint density at radius 2 is 2.30 bits per heavy atom. The lowest BCUT2D eigenvalue weighted by Crippen LogP contribution is -2.37. The first-order valence-corrected chi connectivity index (χ1v) is 6.98. The van der Waals surface area contributed by atoms with E-state index >= 15 is 0 Å². The Hall–Kier alpha value is -1.40. The Balaban J connectivity index is 2.28. The molecular weight excluding hydrogens is 282 g/mol. The summed E-state index contributed by atoms with van der Waals surface area (Å²) in [6, 6.07) is 3.01. The van der Waals surface area contributed by atoms with E-state index in [2.05, 4.69) is 11.9 Å². The lowest BCUT2D eigenvalue weighted by molar-refractivity contribution is -0.384. The zero-order chi connectivity index (χ0) is 14.7. The number of aromatic nitrogens is 1. The third-order valence-corrected chi connectivity index (χ3v) is 3.80. The van der Waals surface area contributed by atoms with Crippen molar-refractivity contribution in [1.29, 1.82) is 0 Å². The van der Waals surface area contributed by atoms with Crippen molar-refractivity contribution in [2.24, 2.45) is 5.92 Å². The molecule has 0 radical (unpaired) electrons. The number of hydrogen-bond donors (Lipinski definition) is 0. The minimum Gasteiger partial charge on any atom is -0.383 e. The summed E-state index contributed by atoms with van der Waals surface area (Å²) in [5.41, 5.74) is -0.0367. The van der Waals surface area contributed by atoms with Crippen LogP contribution in [0.4, 0.5) is 11.5 Å². The van der Waals surface area contributed by atoms with Gasteiger partial charge in [0.25, 0.3) is 5.69 Å². The summed E-state index contributed by atoms with van der Waals surface area (Å²) in [5, 5.41) is 11.1. The van der Waals surface area contributed by atoms with Crippen LogP contribution in [0.25, 0.3) is 0 Å². The zero-order valence-corrected chi connectivity index (χ0v) is 12.3. The van der Waals surface area contributed by atoms with Crippen LogP contribution in [0.2, 0.25) is 5.15 Å². The first-order valence-electron chi connectivity index (χ1n) is 6.60. The Morgan fingerprint density at radius 1 is 1.60 bits per heavy atom. The monoisotopic (exact) mass is 299 g/mol. The number of nitro groups is 1. The van der Waals surface area contributed by atoms with Crippen LogP contribution in [0.3, 0.4) is 0 Å². The van der Waals surface area contributed by atoms with Gasteiger partial charge < -0.3 is 9.64 Å². The maximum absolute atomic E-state index is 10.9. The van der Waals surface area contributed by atoms with Crippen LogP contribution < -0.4 is 4.90 Å². The van der Waals surface area contributed by atoms with Gasteiger partial charge in [0.1, 0.15) is 11.0 Å². The number of halogens is 1. The van der Waals surface area contributed by atoms with E-state index in [1.807, 2.05) is 4.90 Å². The standard InChI is InChI=1S/C13H18ClN3O3/c1-9(10-3-4-10)16(5-6-20-2)13-8-11(17(18)19)7-12(14)15-13/h7-10H,3-6H2,1-2H3. The highest BCUT2D eigenvalue weighted by Crippen LogP contribution is 2.37. The molecule has 0 bridgehead atoms. The largest absolute Gasteiger partial charge is 0.383 e. The molecule has 1 aromatic rings. The second kappa shape index (κ2) is 6.37. The topological polar surface area (TPSA) is 68.5 Å². The van der Waals surface area contributed by atoms with E-state index in [-0.39, 0.29) is 16.9 Å². The van der Waals surface area contributed by atoms with Gasteiger partial charge in [-0.3, -0.25) is 10.1 Å². The first-order chi connectivity index (χ1) is 9.52. The van der Waals surface area contributed by atoms with E-state index < -0.39 is 4.92 Å². The zero-order valence-electron chi connectivity index (χ0n) is 11.6. The smallest absolute Gasteiger partial charge is 0.276 e. The minimum absolute atomic E-state index is 0.0367. The lowest BCUT2D eigenvalue weighted by atomic mass is 10.2. The number of pyridine rings is 1. The molecule has 0 aliphatic heterocycles. The summed E-state index contributed by atoms with van der Waals surface area (Å²) in [4.78, 5) is 16.8. The second-order valence-corrected chi connectivity index (χ2v) is 5.41. The van der Waals surface area contributed by atoms with E-state index in [9.17, 15) is 10.1 Å². The normalized spacial score (nSPS) is 15.9. The van der Waals surface area contributed by atoms with Crippen molar-refractivity contribution in [1.82, 2.24) is 4.98 Å². The molecule has 0 saturated heterocycles. The number of hydrogen-bond acceptors (Lipinski definition) is 5. The molecule has 7 heteroatoms. The molecule has 0 spiro atoms. The molecule has 1 aliphatic carbocycles. The van der Waals surface area contributed by atoms with Crippen molar-refractivity contribution >= 4 is 23.1 Å². The molecule has 2 rings (SSSR count). The third-order valence-electron chi connectivity index (χ3n) is 3.60. The first kappa shape index (κ1) is 15.0. The predicted octanol–water partition coefficient (Wildman–Crippen LogP) is 2.89. The van der Waals surface area contributed by atoms with Gasteiger partial charge in [0.2, 0.25) is 0 Å². The maximum Gasteiger partial charge on any atom is 0.276 e. The Bertz CT molecular complexity index is 494. The van der Waals surface area contributed by atoms with Crippen LogP contribution in [-0.2, 0) is 4.74 Å². The Morgan fingerprint density at radius 3 is 2.85 bits per heavy atom. The van der Waals surface area contributed by atoms with Gasteiger partial charge in [0.15, 0.2) is 0 Å². The highest BCUT2D eigenvalue weighted by molar-refractivity contribution is 6.29. The molecular formula is C13H18ClN3O3. The summed E-state index contributed by atoms with van der Waals surface area (Å²) in [6.07, 6.45) is 2.38. The van der Waals surface area contributed by atoms with Crippen LogP contribution in [-0.4, -0.2) is 36.2 Å². The fourth-order valence-corrected chi connectivity index (χ4v) is 2.47. The summed E-state index contributed by atoms with van der Waals surface area (Å²) in [6.45, 7) is 3.29. The molecule has 1 aliphatic rings. The van der Waals surface area contributed by atoms with Crippen molar-refractivity contribution < 1.29 is 9.66 Å². The van der Waals surface area contributed by atoms with Gasteiger partial charge in [-0.25, -0.2) is 4.98 Å². The predicted molar refractivity (Wildman–Crippen MR) is 77.3 cm³/mol. The van der Waals surface area contributed by atoms with Gasteiger partial charge in [-0.1, -0.05) is 11.6 Å². The number of anilines is 1.